The van der Waals surface area contributed by atoms with Gasteiger partial charge in [-0.1, -0.05) is 0 Å². The average molecular weight is 437 g/mol. The normalized spacial score (nSPS) is 36.0. The van der Waals surface area contributed by atoms with Crippen molar-refractivity contribution in [1.82, 2.24) is 0 Å². The molecule has 0 radical (unpaired) electrons. The second kappa shape index (κ2) is 6.73. The Morgan fingerprint density at radius 1 is 0.667 bits per heavy atom. The Bertz CT molecular complexity index is 504. The van der Waals surface area contributed by atoms with Crippen molar-refractivity contribution in [1.29, 1.82) is 0 Å². The van der Waals surface area contributed by atoms with E-state index in [1.165, 1.54) is 0 Å². The summed E-state index contributed by atoms with van der Waals surface area (Å²) >= 11 is 0. The summed E-state index contributed by atoms with van der Waals surface area (Å²) in [4.78, 5) is 0. The Balaban J connectivity index is 2.41. The number of hydrogen-bond donors (Lipinski definition) is 0. The van der Waals surface area contributed by atoms with Crippen LogP contribution in [0.5, 0.6) is 0 Å². The highest BCUT2D eigenvalue weighted by Gasteiger charge is 2.71. The molecular formula is C17H30F6O2Si2. The third-order valence-corrected chi connectivity index (χ3v) is 7.51. The molecule has 2 bridgehead atoms. The molecular weight excluding hydrogens is 406 g/mol. The molecule has 0 aliphatic heterocycles. The van der Waals surface area contributed by atoms with E-state index in [-0.39, 0.29) is 19.3 Å². The molecule has 2 fully saturated rings. The summed E-state index contributed by atoms with van der Waals surface area (Å²) in [6.45, 7) is 10.1. The van der Waals surface area contributed by atoms with Gasteiger partial charge in [0.1, 0.15) is 0 Å². The first-order chi connectivity index (χ1) is 11.8. The highest BCUT2D eigenvalue weighted by molar-refractivity contribution is 6.70. The number of hydrogen-bond acceptors (Lipinski definition) is 2. The first kappa shape index (κ1) is 23.2. The third-order valence-electron chi connectivity index (χ3n) is 5.55. The molecule has 4 unspecified atom stereocenters. The molecule has 0 heterocycles. The van der Waals surface area contributed by atoms with E-state index < -0.39 is 64.9 Å². The van der Waals surface area contributed by atoms with E-state index in [1.807, 2.05) is 0 Å². The standard InChI is InChI=1S/C17H30F6O2Si2/c1-26(2,3)24-14(16(18,19)20)9-7-13-11-12(14)8-10-15(13,17(21,22)23)25-27(4,5)6/h12-13H,7-11H2,1-6H3. The van der Waals surface area contributed by atoms with E-state index >= 15 is 0 Å². The Hall–Kier alpha value is -0.0662. The lowest BCUT2D eigenvalue weighted by Crippen LogP contribution is -2.67. The first-order valence-electron chi connectivity index (χ1n) is 9.37. The maximum Gasteiger partial charge on any atom is 0.416 e. The maximum absolute atomic E-state index is 14.1. The fraction of sp³-hybridized carbons (Fsp3) is 1.00. The van der Waals surface area contributed by atoms with Crippen LogP contribution in [0, 0.1) is 11.8 Å². The van der Waals surface area contributed by atoms with Crippen LogP contribution in [0.15, 0.2) is 0 Å². The van der Waals surface area contributed by atoms with Gasteiger partial charge in [-0.15, -0.1) is 0 Å². The van der Waals surface area contributed by atoms with Gasteiger partial charge in [0.15, 0.2) is 27.8 Å². The monoisotopic (exact) mass is 436 g/mol. The van der Waals surface area contributed by atoms with E-state index in [0.717, 1.165) is 0 Å². The van der Waals surface area contributed by atoms with Crippen molar-refractivity contribution >= 4 is 16.6 Å². The molecule has 0 aromatic rings. The van der Waals surface area contributed by atoms with Crippen molar-refractivity contribution in [3.8, 4) is 0 Å². The molecule has 2 nitrogen and oxygen atoms in total. The smallest absolute Gasteiger partial charge is 0.403 e. The second-order valence-corrected chi connectivity index (χ2v) is 18.8. The van der Waals surface area contributed by atoms with Crippen LogP contribution in [0.4, 0.5) is 26.3 Å². The van der Waals surface area contributed by atoms with Crippen molar-refractivity contribution in [3.05, 3.63) is 0 Å². The molecule has 0 saturated heterocycles. The van der Waals surface area contributed by atoms with Crippen molar-refractivity contribution < 1.29 is 35.2 Å². The molecule has 27 heavy (non-hydrogen) atoms. The minimum atomic E-state index is -4.60. The summed E-state index contributed by atoms with van der Waals surface area (Å²) in [6.07, 6.45) is -10.6. The summed E-state index contributed by atoms with van der Waals surface area (Å²) < 4.78 is 95.7. The van der Waals surface area contributed by atoms with Gasteiger partial charge in [0.25, 0.3) is 0 Å². The first-order valence-corrected chi connectivity index (χ1v) is 16.2. The molecule has 0 amide bonds. The van der Waals surface area contributed by atoms with Crippen molar-refractivity contribution in [3.63, 3.8) is 0 Å². The quantitative estimate of drug-likeness (QED) is 0.370. The van der Waals surface area contributed by atoms with Crippen LogP contribution in [0.3, 0.4) is 0 Å². The molecule has 0 aromatic carbocycles. The van der Waals surface area contributed by atoms with E-state index in [2.05, 4.69) is 0 Å². The van der Waals surface area contributed by atoms with Gasteiger partial charge in [-0.3, -0.25) is 0 Å². The molecule has 4 atom stereocenters. The lowest BCUT2D eigenvalue weighted by molar-refractivity contribution is -0.324. The van der Waals surface area contributed by atoms with E-state index in [0.29, 0.717) is 0 Å². The zero-order valence-electron chi connectivity index (χ0n) is 16.8. The molecule has 2 aliphatic rings. The lowest BCUT2D eigenvalue weighted by atomic mass is 9.58. The van der Waals surface area contributed by atoms with Gasteiger partial charge in [-0.25, -0.2) is 0 Å². The van der Waals surface area contributed by atoms with E-state index in [1.54, 1.807) is 39.3 Å². The summed E-state index contributed by atoms with van der Waals surface area (Å²) in [6, 6.07) is 0. The Morgan fingerprint density at radius 3 is 1.19 bits per heavy atom. The fourth-order valence-electron chi connectivity index (χ4n) is 4.84. The van der Waals surface area contributed by atoms with Crippen LogP contribution >= 0.6 is 0 Å². The average Bonchev–Trinajstić information content (AvgIpc) is 2.39. The Kier molecular flexibility index (Phi) is 5.79. The molecule has 2 aliphatic carbocycles. The highest BCUT2D eigenvalue weighted by Crippen LogP contribution is 2.61. The molecule has 0 N–H and O–H groups in total. The fourth-order valence-corrected chi connectivity index (χ4v) is 7.79. The van der Waals surface area contributed by atoms with Gasteiger partial charge < -0.3 is 8.85 Å². The van der Waals surface area contributed by atoms with E-state index in [9.17, 15) is 26.3 Å². The van der Waals surface area contributed by atoms with Crippen molar-refractivity contribution in [2.45, 2.75) is 94.9 Å². The topological polar surface area (TPSA) is 18.5 Å². The van der Waals surface area contributed by atoms with Crippen LogP contribution in [0.2, 0.25) is 39.3 Å². The summed E-state index contributed by atoms with van der Waals surface area (Å²) in [5.74, 6) is -1.91. The van der Waals surface area contributed by atoms with Crippen LogP contribution in [-0.4, -0.2) is 40.2 Å². The van der Waals surface area contributed by atoms with Gasteiger partial charge in [0.05, 0.1) is 0 Å². The predicted octanol–water partition coefficient (Wildman–Crippen LogP) is 6.50. The van der Waals surface area contributed by atoms with E-state index in [4.69, 9.17) is 8.85 Å². The lowest BCUT2D eigenvalue weighted by Gasteiger charge is -2.58. The molecule has 160 valence electrons. The zero-order valence-corrected chi connectivity index (χ0v) is 18.8. The zero-order chi connectivity index (χ0) is 21.1. The molecule has 0 spiro atoms. The van der Waals surface area contributed by atoms with Gasteiger partial charge >= 0.3 is 12.4 Å². The van der Waals surface area contributed by atoms with Gasteiger partial charge in [0.2, 0.25) is 0 Å². The molecule has 0 aromatic heterocycles. The molecule has 2 saturated carbocycles. The molecule has 2 rings (SSSR count). The van der Waals surface area contributed by atoms with Crippen LogP contribution in [0.1, 0.15) is 32.1 Å². The third kappa shape index (κ3) is 4.43. The number of alkyl halides is 6. The highest BCUT2D eigenvalue weighted by atomic mass is 28.4. The minimum Gasteiger partial charge on any atom is -0.403 e. The summed E-state index contributed by atoms with van der Waals surface area (Å²) in [5.41, 5.74) is -4.66. The number of fused-ring (bicyclic) bond motifs is 2. The summed E-state index contributed by atoms with van der Waals surface area (Å²) in [5, 5.41) is 0. The Labute approximate surface area is 159 Å². The predicted molar refractivity (Wildman–Crippen MR) is 96.5 cm³/mol. The van der Waals surface area contributed by atoms with Crippen molar-refractivity contribution in [2.24, 2.45) is 11.8 Å². The van der Waals surface area contributed by atoms with Gasteiger partial charge in [0, 0.05) is 0 Å². The van der Waals surface area contributed by atoms with Gasteiger partial charge in [-0.2, -0.15) is 26.3 Å². The second-order valence-electron chi connectivity index (χ2n) is 9.91. The number of rotatable bonds is 4. The van der Waals surface area contributed by atoms with Crippen molar-refractivity contribution in [2.75, 3.05) is 0 Å². The van der Waals surface area contributed by atoms with Gasteiger partial charge in [-0.05, 0) is 83.2 Å². The minimum absolute atomic E-state index is 0.159. The largest absolute Gasteiger partial charge is 0.416 e. The van der Waals surface area contributed by atoms with Crippen LogP contribution in [0.25, 0.3) is 0 Å². The van der Waals surface area contributed by atoms with Crippen LogP contribution < -0.4 is 0 Å². The Morgan fingerprint density at radius 2 is 0.963 bits per heavy atom. The van der Waals surface area contributed by atoms with Crippen LogP contribution in [-0.2, 0) is 8.85 Å². The number of halogens is 6. The maximum atomic E-state index is 14.1. The summed E-state index contributed by atoms with van der Waals surface area (Å²) in [7, 11) is -5.12. The SMILES string of the molecule is C[Si](C)(C)OC1(C(F)(F)F)CCC2CC1CCC2(O[Si](C)(C)C)C(F)(F)F. The molecule has 10 heteroatoms.